The molecule has 0 saturated heterocycles. The van der Waals surface area contributed by atoms with Gasteiger partial charge in [-0.15, -0.1) is 0 Å². The number of amides is 1. The van der Waals surface area contributed by atoms with Gasteiger partial charge in [-0.25, -0.2) is 18.2 Å². The minimum atomic E-state index is -2.69. The van der Waals surface area contributed by atoms with Crippen molar-refractivity contribution in [2.45, 2.75) is 31.7 Å². The normalized spacial score (nSPS) is 12.8. The summed E-state index contributed by atoms with van der Waals surface area (Å²) in [4.78, 5) is 29.9. The molecule has 0 fully saturated rings. The molecule has 3 heterocycles. The zero-order chi connectivity index (χ0) is 27.6. The highest BCUT2D eigenvalue weighted by Gasteiger charge is 2.32. The Morgan fingerprint density at radius 3 is 2.74 bits per heavy atom. The molecular formula is C24H20F3N7O4. The van der Waals surface area contributed by atoms with Crippen LogP contribution in [0.2, 0.25) is 0 Å². The number of rotatable bonds is 8. The molecule has 4 aromatic rings. The van der Waals surface area contributed by atoms with Crippen molar-refractivity contribution in [2.75, 3.05) is 5.32 Å². The van der Waals surface area contributed by atoms with Crippen LogP contribution in [0.5, 0.6) is 5.75 Å². The van der Waals surface area contributed by atoms with E-state index in [0.29, 0.717) is 5.56 Å². The number of benzene rings is 1. The fourth-order valence-electron chi connectivity index (χ4n) is 4.19. The molecule has 4 rings (SSSR count). The van der Waals surface area contributed by atoms with E-state index < -0.39 is 53.5 Å². The Bertz CT molecular complexity index is 1570. The van der Waals surface area contributed by atoms with Crippen molar-refractivity contribution in [1.29, 1.82) is 5.26 Å². The number of nitrogens with zero attached hydrogens (tertiary/aromatic N) is 6. The Morgan fingerprint density at radius 1 is 1.32 bits per heavy atom. The molecule has 14 heteroatoms. The van der Waals surface area contributed by atoms with E-state index in [9.17, 15) is 33.1 Å². The molecule has 3 aromatic heterocycles. The molecule has 0 aliphatic heterocycles. The summed E-state index contributed by atoms with van der Waals surface area (Å²) < 4.78 is 47.0. The van der Waals surface area contributed by atoms with Crippen molar-refractivity contribution in [1.82, 2.24) is 24.5 Å². The number of carbonyl (C=O) groups excluding carboxylic acids is 1. The topological polar surface area (TPSA) is 152 Å². The zero-order valence-electron chi connectivity index (χ0n) is 20.0. The summed E-state index contributed by atoms with van der Waals surface area (Å²) in [6, 6.07) is 5.49. The highest BCUT2D eigenvalue weighted by atomic mass is 19.3. The van der Waals surface area contributed by atoms with Crippen LogP contribution in [-0.2, 0) is 13.6 Å². The summed E-state index contributed by atoms with van der Waals surface area (Å²) in [5.74, 6) is -4.28. The molecular weight excluding hydrogens is 507 g/mol. The van der Waals surface area contributed by atoms with Crippen molar-refractivity contribution in [3.8, 4) is 11.8 Å². The van der Waals surface area contributed by atoms with Crippen LogP contribution in [0.15, 0.2) is 52.4 Å². The summed E-state index contributed by atoms with van der Waals surface area (Å²) in [5.41, 5.74) is -0.770. The Kier molecular flexibility index (Phi) is 7.28. The maximum Gasteiger partial charge on any atom is 0.296 e. The molecule has 38 heavy (non-hydrogen) atoms. The summed E-state index contributed by atoms with van der Waals surface area (Å²) in [5, 5.41) is 29.9. The fourth-order valence-corrected chi connectivity index (χ4v) is 4.19. The first-order valence-electron chi connectivity index (χ1n) is 11.1. The van der Waals surface area contributed by atoms with Gasteiger partial charge in [-0.1, -0.05) is 12.1 Å². The first-order valence-corrected chi connectivity index (χ1v) is 11.1. The first kappa shape index (κ1) is 26.1. The van der Waals surface area contributed by atoms with Crippen LogP contribution in [0.1, 0.15) is 51.8 Å². The standard InChI is InChI=1S/C24H20F3N7O4/c1-12(22-32-20(21(35)24(37)33(22)2)23(36)31-16-8-30-38-11-16)19(14-7-29-34(9-14)10-18(26)27)17-5-15(25)4-3-13(17)6-28/h3-5,7-9,11-12,18-19,35H,10H2,1-2H3,(H,31,36). The number of halogens is 3. The number of aromatic nitrogens is 5. The maximum absolute atomic E-state index is 14.4. The van der Waals surface area contributed by atoms with E-state index in [1.807, 2.05) is 6.07 Å². The SMILES string of the molecule is CC(c1nc(C(=O)Nc2cnoc2)c(O)c(=O)n1C)C(c1cnn(CC(F)F)c1)c1cc(F)ccc1C#N. The molecule has 196 valence electrons. The average Bonchev–Trinajstić information content (AvgIpc) is 3.55. The lowest BCUT2D eigenvalue weighted by Crippen LogP contribution is -2.29. The molecule has 2 unspecified atom stereocenters. The first-order chi connectivity index (χ1) is 18.1. The van der Waals surface area contributed by atoms with Crippen molar-refractivity contribution >= 4 is 11.6 Å². The smallest absolute Gasteiger partial charge is 0.296 e. The van der Waals surface area contributed by atoms with Crippen LogP contribution in [0, 0.1) is 17.1 Å². The van der Waals surface area contributed by atoms with Gasteiger partial charge >= 0.3 is 0 Å². The van der Waals surface area contributed by atoms with Crippen molar-refractivity contribution in [3.63, 3.8) is 0 Å². The van der Waals surface area contributed by atoms with E-state index in [4.69, 9.17) is 0 Å². The second-order valence-electron chi connectivity index (χ2n) is 8.40. The number of nitriles is 1. The lowest BCUT2D eigenvalue weighted by molar-refractivity contribution is 0.101. The Hall–Kier alpha value is -4.93. The zero-order valence-corrected chi connectivity index (χ0v) is 20.0. The fraction of sp³-hybridized carbons (Fsp3) is 0.250. The number of alkyl halides is 2. The number of hydrogen-bond donors (Lipinski definition) is 2. The molecule has 0 saturated carbocycles. The molecule has 1 amide bonds. The summed E-state index contributed by atoms with van der Waals surface area (Å²) in [6.07, 6.45) is 2.26. The molecule has 0 bridgehead atoms. The molecule has 2 N–H and O–H groups in total. The van der Waals surface area contributed by atoms with Gasteiger partial charge in [0, 0.05) is 25.1 Å². The summed E-state index contributed by atoms with van der Waals surface area (Å²) in [6.45, 7) is 0.903. The number of nitrogens with one attached hydrogen (secondary N) is 1. The van der Waals surface area contributed by atoms with Crippen LogP contribution in [-0.4, -0.2) is 41.9 Å². The highest BCUT2D eigenvalue weighted by molar-refractivity contribution is 6.04. The van der Waals surface area contributed by atoms with Crippen molar-refractivity contribution in [3.05, 3.63) is 87.4 Å². The Morgan fingerprint density at radius 2 is 2.08 bits per heavy atom. The third-order valence-corrected chi connectivity index (χ3v) is 5.92. The predicted octanol–water partition coefficient (Wildman–Crippen LogP) is 3.13. The van der Waals surface area contributed by atoms with E-state index in [2.05, 4.69) is 25.1 Å². The van der Waals surface area contributed by atoms with Gasteiger partial charge in [0.2, 0.25) is 5.75 Å². The van der Waals surface area contributed by atoms with Gasteiger partial charge in [0.1, 0.15) is 30.1 Å². The number of aromatic hydroxyl groups is 1. The van der Waals surface area contributed by atoms with Crippen molar-refractivity contribution < 1.29 is 27.6 Å². The Labute approximate surface area is 212 Å². The predicted molar refractivity (Wildman–Crippen MR) is 125 cm³/mol. The van der Waals surface area contributed by atoms with E-state index in [0.717, 1.165) is 27.6 Å². The average molecular weight is 527 g/mol. The summed E-state index contributed by atoms with van der Waals surface area (Å²) >= 11 is 0. The molecule has 11 nitrogen and oxygen atoms in total. The second-order valence-corrected chi connectivity index (χ2v) is 8.40. The van der Waals surface area contributed by atoms with Crippen LogP contribution >= 0.6 is 0 Å². The second kappa shape index (κ2) is 10.6. The van der Waals surface area contributed by atoms with E-state index in [1.165, 1.54) is 31.7 Å². The van der Waals surface area contributed by atoms with Gasteiger partial charge in [-0.2, -0.15) is 10.4 Å². The Balaban J connectivity index is 1.87. The number of hydrogen-bond acceptors (Lipinski definition) is 8. The van der Waals surface area contributed by atoms with Crippen LogP contribution < -0.4 is 10.9 Å². The van der Waals surface area contributed by atoms with Crippen LogP contribution in [0.3, 0.4) is 0 Å². The molecule has 0 aliphatic carbocycles. The lowest BCUT2D eigenvalue weighted by atomic mass is 9.80. The van der Waals surface area contributed by atoms with E-state index >= 15 is 0 Å². The summed E-state index contributed by atoms with van der Waals surface area (Å²) in [7, 11) is 1.32. The van der Waals surface area contributed by atoms with Gasteiger partial charge in [0.15, 0.2) is 5.69 Å². The van der Waals surface area contributed by atoms with Gasteiger partial charge in [0.05, 0.1) is 24.0 Å². The monoisotopic (exact) mass is 527 g/mol. The van der Waals surface area contributed by atoms with Crippen LogP contribution in [0.4, 0.5) is 18.9 Å². The van der Waals surface area contributed by atoms with Gasteiger partial charge in [0.25, 0.3) is 17.9 Å². The molecule has 0 aliphatic rings. The minimum absolute atomic E-state index is 0.0111. The third kappa shape index (κ3) is 5.12. The van der Waals surface area contributed by atoms with Gasteiger partial charge < -0.3 is 14.9 Å². The quantitative estimate of drug-likeness (QED) is 0.355. The minimum Gasteiger partial charge on any atom is -0.501 e. The maximum atomic E-state index is 14.4. The van der Waals surface area contributed by atoms with E-state index in [-0.39, 0.29) is 22.6 Å². The van der Waals surface area contributed by atoms with Gasteiger partial charge in [-0.05, 0) is 29.3 Å². The molecule has 2 atom stereocenters. The lowest BCUT2D eigenvalue weighted by Gasteiger charge is -2.26. The van der Waals surface area contributed by atoms with Gasteiger partial charge in [-0.3, -0.25) is 18.8 Å². The highest BCUT2D eigenvalue weighted by Crippen LogP contribution is 2.39. The number of anilines is 1. The third-order valence-electron chi connectivity index (χ3n) is 5.92. The van der Waals surface area contributed by atoms with E-state index in [1.54, 1.807) is 6.92 Å². The van der Waals surface area contributed by atoms with Crippen LogP contribution in [0.25, 0.3) is 0 Å². The number of carbonyl (C=O) groups is 1. The molecule has 0 spiro atoms. The van der Waals surface area contributed by atoms with Crippen molar-refractivity contribution in [2.24, 2.45) is 7.05 Å². The molecule has 0 radical (unpaired) electrons. The largest absolute Gasteiger partial charge is 0.501 e. The molecule has 1 aromatic carbocycles.